The number of amides is 1. The molecule has 1 heterocycles. The van der Waals surface area contributed by atoms with Gasteiger partial charge in [0.25, 0.3) is 0 Å². The van der Waals surface area contributed by atoms with E-state index in [2.05, 4.69) is 25.9 Å². The van der Waals surface area contributed by atoms with Crippen molar-refractivity contribution in [2.45, 2.75) is 17.5 Å². The number of para-hydroxylation sites is 1. The number of benzene rings is 1. The first-order chi connectivity index (χ1) is 13.9. The number of piperazine rings is 1. The number of carbonyl (C=O) groups is 1. The molecule has 1 aliphatic heterocycles. The van der Waals surface area contributed by atoms with Crippen LogP contribution in [0.1, 0.15) is 6.42 Å². The van der Waals surface area contributed by atoms with Gasteiger partial charge >= 0.3 is 6.18 Å². The van der Waals surface area contributed by atoms with E-state index in [0.29, 0.717) is 24.4 Å². The predicted molar refractivity (Wildman–Crippen MR) is 106 cm³/mol. The van der Waals surface area contributed by atoms with Crippen LogP contribution >= 0.6 is 11.8 Å². The van der Waals surface area contributed by atoms with Crippen molar-refractivity contribution in [2.75, 3.05) is 63.6 Å². The summed E-state index contributed by atoms with van der Waals surface area (Å²) in [5, 5.41) is 11.6. The van der Waals surface area contributed by atoms with Crippen LogP contribution in [-0.4, -0.2) is 80.1 Å². The quantitative estimate of drug-likeness (QED) is 0.455. The van der Waals surface area contributed by atoms with Crippen molar-refractivity contribution < 1.29 is 22.7 Å². The number of carbonyl (C=O) groups excluding carboxylic acids is 1. The summed E-state index contributed by atoms with van der Waals surface area (Å²) in [6.07, 6.45) is -3.73. The van der Waals surface area contributed by atoms with Crippen LogP contribution in [0.4, 0.5) is 18.9 Å². The number of ether oxygens (including phenoxy) is 1. The number of anilines is 1. The van der Waals surface area contributed by atoms with E-state index in [4.69, 9.17) is 5.26 Å². The van der Waals surface area contributed by atoms with Gasteiger partial charge in [-0.25, -0.2) is 0 Å². The van der Waals surface area contributed by atoms with Crippen molar-refractivity contribution in [1.82, 2.24) is 9.80 Å². The molecule has 0 radical (unpaired) electrons. The van der Waals surface area contributed by atoms with Crippen LogP contribution in [0.2, 0.25) is 0 Å². The smallest absolute Gasteiger partial charge is 0.372 e. The van der Waals surface area contributed by atoms with Gasteiger partial charge in [0.2, 0.25) is 5.91 Å². The van der Waals surface area contributed by atoms with Gasteiger partial charge in [-0.05, 0) is 18.6 Å². The van der Waals surface area contributed by atoms with E-state index >= 15 is 0 Å². The zero-order chi connectivity index (χ0) is 21.1. The van der Waals surface area contributed by atoms with Gasteiger partial charge in [0.05, 0.1) is 24.1 Å². The maximum atomic E-state index is 12.4. The molecule has 1 saturated heterocycles. The van der Waals surface area contributed by atoms with Crippen LogP contribution in [0.15, 0.2) is 29.2 Å². The van der Waals surface area contributed by atoms with E-state index in [0.717, 1.165) is 31.1 Å². The largest absolute Gasteiger partial charge is 0.411 e. The molecule has 1 aliphatic rings. The van der Waals surface area contributed by atoms with Gasteiger partial charge in [-0.2, -0.15) is 18.4 Å². The molecule has 0 aliphatic carbocycles. The molecule has 0 bridgehead atoms. The van der Waals surface area contributed by atoms with Gasteiger partial charge in [0.15, 0.2) is 0 Å². The normalized spacial score (nSPS) is 15.8. The van der Waals surface area contributed by atoms with Crippen molar-refractivity contribution in [3.63, 3.8) is 0 Å². The summed E-state index contributed by atoms with van der Waals surface area (Å²) in [4.78, 5) is 17.4. The monoisotopic (exact) mass is 430 g/mol. The highest BCUT2D eigenvalue weighted by molar-refractivity contribution is 7.99. The van der Waals surface area contributed by atoms with Crippen LogP contribution in [0, 0.1) is 11.3 Å². The fourth-order valence-electron chi connectivity index (χ4n) is 2.95. The lowest BCUT2D eigenvalue weighted by atomic mass is 10.2. The fourth-order valence-corrected chi connectivity index (χ4v) is 3.62. The molecule has 10 heteroatoms. The number of nitrogens with one attached hydrogen (secondary N) is 1. The third kappa shape index (κ3) is 9.49. The second kappa shape index (κ2) is 12.0. The van der Waals surface area contributed by atoms with Gasteiger partial charge in [0.1, 0.15) is 6.61 Å². The van der Waals surface area contributed by atoms with Crippen molar-refractivity contribution in [2.24, 2.45) is 0 Å². The van der Waals surface area contributed by atoms with Crippen LogP contribution in [0.5, 0.6) is 0 Å². The van der Waals surface area contributed by atoms with E-state index in [9.17, 15) is 18.0 Å². The molecule has 6 nitrogen and oxygen atoms in total. The number of rotatable bonds is 10. The fraction of sp³-hybridized carbons (Fsp3) is 0.579. The minimum atomic E-state index is -4.28. The van der Waals surface area contributed by atoms with Gasteiger partial charge in [-0.3, -0.25) is 9.69 Å². The number of nitrogens with zero attached hydrogens (tertiary/aromatic N) is 3. The Hall–Kier alpha value is -1.80. The van der Waals surface area contributed by atoms with Crippen LogP contribution in [-0.2, 0) is 9.53 Å². The molecule has 160 valence electrons. The molecule has 0 atom stereocenters. The first kappa shape index (κ1) is 23.5. The molecule has 29 heavy (non-hydrogen) atoms. The second-order valence-electron chi connectivity index (χ2n) is 6.63. The molecule has 1 N–H and O–H groups in total. The molecule has 1 fully saturated rings. The average Bonchev–Trinajstić information content (AvgIpc) is 2.67. The topological polar surface area (TPSA) is 68.6 Å². The molecule has 2 rings (SSSR count). The Balaban J connectivity index is 1.65. The first-order valence-electron chi connectivity index (χ1n) is 9.35. The Morgan fingerprint density at radius 3 is 2.59 bits per heavy atom. The zero-order valence-corrected chi connectivity index (χ0v) is 16.9. The summed E-state index contributed by atoms with van der Waals surface area (Å²) in [5.74, 6) is 0.208. The highest BCUT2D eigenvalue weighted by Gasteiger charge is 2.27. The Kier molecular flexibility index (Phi) is 9.73. The lowest BCUT2D eigenvalue weighted by Gasteiger charge is -2.34. The molecular weight excluding hydrogens is 405 g/mol. The zero-order valence-electron chi connectivity index (χ0n) is 16.1. The third-order valence-electron chi connectivity index (χ3n) is 4.31. The number of nitriles is 1. The minimum absolute atomic E-state index is 0.0886. The first-order valence-corrected chi connectivity index (χ1v) is 10.3. The number of hydrogen-bond donors (Lipinski definition) is 1. The maximum Gasteiger partial charge on any atom is 0.411 e. The number of hydrogen-bond acceptors (Lipinski definition) is 6. The third-order valence-corrected chi connectivity index (χ3v) is 5.25. The summed E-state index contributed by atoms with van der Waals surface area (Å²) in [7, 11) is 0. The molecule has 1 aromatic carbocycles. The lowest BCUT2D eigenvalue weighted by molar-refractivity contribution is -0.174. The van der Waals surface area contributed by atoms with Gasteiger partial charge < -0.3 is 15.0 Å². The van der Waals surface area contributed by atoms with Crippen molar-refractivity contribution in [3.8, 4) is 6.07 Å². The predicted octanol–water partition coefficient (Wildman–Crippen LogP) is 2.83. The minimum Gasteiger partial charge on any atom is -0.372 e. The van der Waals surface area contributed by atoms with Crippen LogP contribution < -0.4 is 5.32 Å². The van der Waals surface area contributed by atoms with E-state index in [1.807, 2.05) is 24.3 Å². The maximum absolute atomic E-state index is 12.4. The summed E-state index contributed by atoms with van der Waals surface area (Å²) in [6.45, 7) is 2.83. The highest BCUT2D eigenvalue weighted by atomic mass is 32.2. The summed E-state index contributed by atoms with van der Waals surface area (Å²) in [6, 6.07) is 9.46. The van der Waals surface area contributed by atoms with Gasteiger partial charge in [-0.15, -0.1) is 11.8 Å². The Morgan fingerprint density at radius 2 is 1.90 bits per heavy atom. The molecule has 0 saturated carbocycles. The molecule has 1 aromatic rings. The van der Waals surface area contributed by atoms with Gasteiger partial charge in [0, 0.05) is 44.2 Å². The SMILES string of the molecule is N#CCSc1ccccc1NC(=O)CN1CCN(CCCOCC(F)(F)F)CC1. The lowest BCUT2D eigenvalue weighted by Crippen LogP contribution is -2.48. The average molecular weight is 430 g/mol. The van der Waals surface area contributed by atoms with E-state index in [-0.39, 0.29) is 19.1 Å². The van der Waals surface area contributed by atoms with Gasteiger partial charge in [-0.1, -0.05) is 12.1 Å². The second-order valence-corrected chi connectivity index (χ2v) is 7.65. The summed E-state index contributed by atoms with van der Waals surface area (Å²) >= 11 is 1.38. The van der Waals surface area contributed by atoms with E-state index in [1.54, 1.807) is 0 Å². The number of alkyl halides is 3. The molecule has 1 amide bonds. The molecular formula is C19H25F3N4O2S. The van der Waals surface area contributed by atoms with Crippen LogP contribution in [0.3, 0.4) is 0 Å². The number of thioether (sulfide) groups is 1. The van der Waals surface area contributed by atoms with Crippen LogP contribution in [0.25, 0.3) is 0 Å². The van der Waals surface area contributed by atoms with E-state index < -0.39 is 12.8 Å². The summed E-state index contributed by atoms with van der Waals surface area (Å²) in [5.41, 5.74) is 0.704. The Morgan fingerprint density at radius 1 is 1.21 bits per heavy atom. The number of halogens is 3. The molecule has 0 unspecified atom stereocenters. The highest BCUT2D eigenvalue weighted by Crippen LogP contribution is 2.26. The summed E-state index contributed by atoms with van der Waals surface area (Å²) < 4.78 is 40.7. The Labute approximate surface area is 173 Å². The molecule has 0 spiro atoms. The van der Waals surface area contributed by atoms with E-state index in [1.165, 1.54) is 11.8 Å². The van der Waals surface area contributed by atoms with Crippen molar-refractivity contribution in [3.05, 3.63) is 24.3 Å². The molecule has 0 aromatic heterocycles. The van der Waals surface area contributed by atoms with Crippen molar-refractivity contribution >= 4 is 23.4 Å². The standard InChI is InChI=1S/C19H25F3N4O2S/c20-19(21,22)15-28-12-3-7-25-8-10-26(11-9-25)14-18(27)24-16-4-1-2-5-17(16)29-13-6-23/h1-2,4-5H,3,7-15H2,(H,24,27). The van der Waals surface area contributed by atoms with Crippen molar-refractivity contribution in [1.29, 1.82) is 5.26 Å². The Bertz CT molecular complexity index is 689.